The molecule has 2 aromatic rings. The lowest BCUT2D eigenvalue weighted by molar-refractivity contribution is -0.142. The molecule has 0 amide bonds. The maximum Gasteiger partial charge on any atom is 0.306 e. The van der Waals surface area contributed by atoms with Gasteiger partial charge in [-0.3, -0.25) is 4.79 Å². The lowest BCUT2D eigenvalue weighted by atomic mass is 9.97. The molecule has 0 aliphatic carbocycles. The highest BCUT2D eigenvalue weighted by Gasteiger charge is 2.25. The van der Waals surface area contributed by atoms with E-state index in [1.807, 2.05) is 44.2 Å². The number of aliphatic carboxylic acids is 1. The van der Waals surface area contributed by atoms with Crippen molar-refractivity contribution < 1.29 is 9.90 Å². The van der Waals surface area contributed by atoms with E-state index in [0.29, 0.717) is 31.9 Å². The van der Waals surface area contributed by atoms with Gasteiger partial charge in [0.2, 0.25) is 5.95 Å². The van der Waals surface area contributed by atoms with Crippen molar-refractivity contribution in [3.05, 3.63) is 41.6 Å². The molecule has 1 aliphatic heterocycles. The van der Waals surface area contributed by atoms with Crippen molar-refractivity contribution in [1.29, 1.82) is 0 Å². The molecule has 2 heterocycles. The standard InChI is InChI=1S/C18H22N4O2/c1-12-5-3-4-6-15(12)20-18-19-13(2)11-16(21-18)22-9-7-14(8-10-22)17(23)24/h3-6,11,14H,7-10H2,1-2H3,(H,23,24)(H,19,20,21). The number of aryl methyl sites for hydroxylation is 2. The monoisotopic (exact) mass is 326 g/mol. The predicted molar refractivity (Wildman–Crippen MR) is 93.8 cm³/mol. The van der Waals surface area contributed by atoms with Gasteiger partial charge >= 0.3 is 5.97 Å². The Bertz CT molecular complexity index is 740. The predicted octanol–water partition coefficient (Wildman–Crippen LogP) is 3.14. The van der Waals surface area contributed by atoms with Gasteiger partial charge in [0.25, 0.3) is 0 Å². The van der Waals surface area contributed by atoms with Gasteiger partial charge in [-0.2, -0.15) is 4.98 Å². The van der Waals surface area contributed by atoms with Crippen LogP contribution in [-0.2, 0) is 4.79 Å². The summed E-state index contributed by atoms with van der Waals surface area (Å²) in [6.07, 6.45) is 1.30. The van der Waals surface area contributed by atoms with E-state index in [1.165, 1.54) is 0 Å². The van der Waals surface area contributed by atoms with Gasteiger partial charge in [0.15, 0.2) is 0 Å². The van der Waals surface area contributed by atoms with Crippen LogP contribution in [-0.4, -0.2) is 34.1 Å². The van der Waals surface area contributed by atoms with Crippen molar-refractivity contribution in [3.8, 4) is 0 Å². The number of rotatable bonds is 4. The molecule has 0 unspecified atom stereocenters. The smallest absolute Gasteiger partial charge is 0.306 e. The first-order valence-corrected chi connectivity index (χ1v) is 8.19. The molecule has 6 nitrogen and oxygen atoms in total. The van der Waals surface area contributed by atoms with E-state index in [9.17, 15) is 4.79 Å². The number of carbonyl (C=O) groups is 1. The molecule has 1 fully saturated rings. The molecule has 0 spiro atoms. The topological polar surface area (TPSA) is 78.4 Å². The fourth-order valence-corrected chi connectivity index (χ4v) is 2.96. The highest BCUT2D eigenvalue weighted by molar-refractivity contribution is 5.70. The molecule has 0 saturated carbocycles. The highest BCUT2D eigenvalue weighted by Crippen LogP contribution is 2.25. The van der Waals surface area contributed by atoms with Crippen LogP contribution in [0.1, 0.15) is 24.1 Å². The summed E-state index contributed by atoms with van der Waals surface area (Å²) >= 11 is 0. The van der Waals surface area contributed by atoms with Crippen molar-refractivity contribution in [2.75, 3.05) is 23.3 Å². The van der Waals surface area contributed by atoms with Crippen LogP contribution in [0.4, 0.5) is 17.5 Å². The summed E-state index contributed by atoms with van der Waals surface area (Å²) < 4.78 is 0. The minimum atomic E-state index is -0.699. The van der Waals surface area contributed by atoms with Crippen molar-refractivity contribution in [2.45, 2.75) is 26.7 Å². The molecule has 6 heteroatoms. The third-order valence-electron chi connectivity index (χ3n) is 4.40. The van der Waals surface area contributed by atoms with E-state index in [4.69, 9.17) is 5.11 Å². The fourth-order valence-electron chi connectivity index (χ4n) is 2.96. The first-order valence-electron chi connectivity index (χ1n) is 8.19. The molecular weight excluding hydrogens is 304 g/mol. The number of nitrogens with zero attached hydrogens (tertiary/aromatic N) is 3. The van der Waals surface area contributed by atoms with Gasteiger partial charge in [-0.1, -0.05) is 18.2 Å². The number of nitrogens with one attached hydrogen (secondary N) is 1. The summed E-state index contributed by atoms with van der Waals surface area (Å²) in [5.41, 5.74) is 3.00. The largest absolute Gasteiger partial charge is 0.481 e. The minimum Gasteiger partial charge on any atom is -0.481 e. The van der Waals surface area contributed by atoms with Crippen LogP contribution in [0.5, 0.6) is 0 Å². The number of carboxylic acids is 1. The first-order chi connectivity index (χ1) is 11.5. The van der Waals surface area contributed by atoms with Gasteiger partial charge in [-0.25, -0.2) is 4.98 Å². The van der Waals surface area contributed by atoms with E-state index in [2.05, 4.69) is 20.2 Å². The second-order valence-electron chi connectivity index (χ2n) is 6.23. The summed E-state index contributed by atoms with van der Waals surface area (Å²) in [6, 6.07) is 9.96. The van der Waals surface area contributed by atoms with E-state index < -0.39 is 5.97 Å². The third-order valence-corrected chi connectivity index (χ3v) is 4.40. The van der Waals surface area contributed by atoms with Gasteiger partial charge in [0.05, 0.1) is 5.92 Å². The second-order valence-corrected chi connectivity index (χ2v) is 6.23. The van der Waals surface area contributed by atoms with Crippen molar-refractivity contribution >= 4 is 23.4 Å². The lowest BCUT2D eigenvalue weighted by Crippen LogP contribution is -2.36. The molecule has 3 rings (SSSR count). The average molecular weight is 326 g/mol. The number of hydrogen-bond acceptors (Lipinski definition) is 5. The number of para-hydroxylation sites is 1. The molecule has 1 aromatic carbocycles. The summed E-state index contributed by atoms with van der Waals surface area (Å²) in [6.45, 7) is 5.39. The zero-order valence-corrected chi connectivity index (χ0v) is 14.0. The van der Waals surface area contributed by atoms with E-state index >= 15 is 0 Å². The van der Waals surface area contributed by atoms with Gasteiger partial charge in [-0.05, 0) is 38.3 Å². The lowest BCUT2D eigenvalue weighted by Gasteiger charge is -2.31. The number of anilines is 3. The average Bonchev–Trinajstić information content (AvgIpc) is 2.56. The molecule has 1 aliphatic rings. The van der Waals surface area contributed by atoms with Crippen LogP contribution >= 0.6 is 0 Å². The molecule has 126 valence electrons. The normalized spacial score (nSPS) is 15.3. The molecule has 24 heavy (non-hydrogen) atoms. The van der Waals surface area contributed by atoms with Crippen LogP contribution in [0.15, 0.2) is 30.3 Å². The fraction of sp³-hybridized carbons (Fsp3) is 0.389. The minimum absolute atomic E-state index is 0.242. The second kappa shape index (κ2) is 6.86. The van der Waals surface area contributed by atoms with Gasteiger partial charge in [0.1, 0.15) is 5.82 Å². The summed E-state index contributed by atoms with van der Waals surface area (Å²) in [4.78, 5) is 22.3. The highest BCUT2D eigenvalue weighted by atomic mass is 16.4. The summed E-state index contributed by atoms with van der Waals surface area (Å²) in [5.74, 6) is 0.478. The first kappa shape index (κ1) is 16.2. The molecule has 1 saturated heterocycles. The van der Waals surface area contributed by atoms with Crippen molar-refractivity contribution in [3.63, 3.8) is 0 Å². The Hall–Kier alpha value is -2.63. The van der Waals surface area contributed by atoms with E-state index in [1.54, 1.807) is 0 Å². The Labute approximate surface area is 141 Å². The maximum absolute atomic E-state index is 11.1. The van der Waals surface area contributed by atoms with Crippen LogP contribution in [0.3, 0.4) is 0 Å². The van der Waals surface area contributed by atoms with Crippen molar-refractivity contribution in [1.82, 2.24) is 9.97 Å². The molecular formula is C18H22N4O2. The Morgan fingerprint density at radius 3 is 2.58 bits per heavy atom. The van der Waals surface area contributed by atoms with Crippen LogP contribution in [0, 0.1) is 19.8 Å². The van der Waals surface area contributed by atoms with Crippen LogP contribution in [0.2, 0.25) is 0 Å². The number of benzene rings is 1. The number of aromatic nitrogens is 2. The third kappa shape index (κ3) is 3.64. The van der Waals surface area contributed by atoms with E-state index in [0.717, 1.165) is 22.8 Å². The zero-order valence-electron chi connectivity index (χ0n) is 14.0. The van der Waals surface area contributed by atoms with Crippen molar-refractivity contribution in [2.24, 2.45) is 5.92 Å². The quantitative estimate of drug-likeness (QED) is 0.899. The maximum atomic E-state index is 11.1. The molecule has 0 bridgehead atoms. The number of piperidine rings is 1. The molecule has 1 aromatic heterocycles. The Balaban J connectivity index is 1.77. The molecule has 0 radical (unpaired) electrons. The van der Waals surface area contributed by atoms with Gasteiger partial charge in [-0.15, -0.1) is 0 Å². The SMILES string of the molecule is Cc1cc(N2CCC(C(=O)O)CC2)nc(Nc2ccccc2C)n1. The number of hydrogen-bond donors (Lipinski definition) is 2. The van der Waals surface area contributed by atoms with Crippen LogP contribution in [0.25, 0.3) is 0 Å². The van der Waals surface area contributed by atoms with Gasteiger partial charge in [0, 0.05) is 30.5 Å². The summed E-state index contributed by atoms with van der Waals surface area (Å²) in [5, 5.41) is 12.4. The molecule has 2 N–H and O–H groups in total. The molecule has 0 atom stereocenters. The van der Waals surface area contributed by atoms with E-state index in [-0.39, 0.29) is 5.92 Å². The zero-order chi connectivity index (χ0) is 17.1. The summed E-state index contributed by atoms with van der Waals surface area (Å²) in [7, 11) is 0. The Morgan fingerprint density at radius 2 is 1.92 bits per heavy atom. The Morgan fingerprint density at radius 1 is 1.21 bits per heavy atom. The van der Waals surface area contributed by atoms with Gasteiger partial charge < -0.3 is 15.3 Å². The number of carboxylic acid groups (broad SMARTS) is 1. The Kier molecular flexibility index (Phi) is 4.64. The van der Waals surface area contributed by atoms with Crippen LogP contribution < -0.4 is 10.2 Å².